The van der Waals surface area contributed by atoms with Crippen LogP contribution in [0.15, 0.2) is 22.7 Å². The predicted molar refractivity (Wildman–Crippen MR) is 102 cm³/mol. The number of rotatable bonds is 8. The zero-order chi connectivity index (χ0) is 19.2. The first-order valence-electron chi connectivity index (χ1n) is 9.16. The van der Waals surface area contributed by atoms with E-state index >= 15 is 0 Å². The van der Waals surface area contributed by atoms with Crippen molar-refractivity contribution in [1.29, 1.82) is 0 Å². The van der Waals surface area contributed by atoms with Gasteiger partial charge in [0, 0.05) is 23.9 Å². The van der Waals surface area contributed by atoms with Gasteiger partial charge in [-0.05, 0) is 43.5 Å². The van der Waals surface area contributed by atoms with Crippen LogP contribution in [0.25, 0.3) is 0 Å². The summed E-state index contributed by atoms with van der Waals surface area (Å²) in [6.45, 7) is 10.8. The molecular weight excluding hydrogens is 330 g/mol. The maximum absolute atomic E-state index is 12.2. The third-order valence-electron chi connectivity index (χ3n) is 3.88. The number of nitrogens with one attached hydrogen (secondary N) is 1. The van der Waals surface area contributed by atoms with E-state index in [2.05, 4.69) is 22.4 Å². The van der Waals surface area contributed by atoms with Crippen LogP contribution in [-0.2, 0) is 16.6 Å². The maximum atomic E-state index is 12.2. The van der Waals surface area contributed by atoms with Gasteiger partial charge in [0.15, 0.2) is 5.82 Å². The van der Waals surface area contributed by atoms with Crippen molar-refractivity contribution < 1.29 is 14.1 Å². The molecule has 1 N–H and O–H groups in total. The molecule has 0 radical (unpaired) electrons. The van der Waals surface area contributed by atoms with E-state index in [9.17, 15) is 4.79 Å². The summed E-state index contributed by atoms with van der Waals surface area (Å²) < 4.78 is 10.8. The van der Waals surface area contributed by atoms with E-state index in [-0.39, 0.29) is 11.3 Å². The quantitative estimate of drug-likeness (QED) is 0.754. The molecule has 0 unspecified atom stereocenters. The molecule has 2 aromatic rings. The van der Waals surface area contributed by atoms with Crippen LogP contribution < -0.4 is 10.1 Å². The van der Waals surface area contributed by atoms with Crippen molar-refractivity contribution in [1.82, 2.24) is 10.1 Å². The second kappa shape index (κ2) is 8.83. The first-order chi connectivity index (χ1) is 12.3. The Morgan fingerprint density at radius 3 is 2.69 bits per heavy atom. The number of hydrogen-bond donors (Lipinski definition) is 1. The number of anilines is 1. The van der Waals surface area contributed by atoms with E-state index in [1.54, 1.807) is 0 Å². The molecule has 0 aliphatic heterocycles. The van der Waals surface area contributed by atoms with Gasteiger partial charge in [-0.2, -0.15) is 4.98 Å². The molecule has 0 aliphatic carbocycles. The zero-order valence-corrected chi connectivity index (χ0v) is 16.4. The molecule has 0 fully saturated rings. The smallest absolute Gasteiger partial charge is 0.226 e. The number of carbonyl (C=O) groups is 1. The summed E-state index contributed by atoms with van der Waals surface area (Å²) in [4.78, 5) is 16.6. The Morgan fingerprint density at radius 1 is 1.31 bits per heavy atom. The molecule has 1 amide bonds. The van der Waals surface area contributed by atoms with Crippen molar-refractivity contribution in [3.05, 3.63) is 35.5 Å². The molecule has 0 saturated carbocycles. The lowest BCUT2D eigenvalue weighted by molar-refractivity contribution is -0.116. The van der Waals surface area contributed by atoms with E-state index in [4.69, 9.17) is 9.26 Å². The van der Waals surface area contributed by atoms with Crippen LogP contribution in [0.2, 0.25) is 0 Å². The second-order valence-electron chi connectivity index (χ2n) is 7.49. The molecule has 26 heavy (non-hydrogen) atoms. The molecule has 1 aromatic carbocycles. The number of hydrogen-bond acceptors (Lipinski definition) is 5. The third-order valence-corrected chi connectivity index (χ3v) is 3.88. The molecule has 1 aromatic heterocycles. The van der Waals surface area contributed by atoms with Crippen molar-refractivity contribution in [2.75, 3.05) is 11.9 Å². The molecule has 142 valence electrons. The van der Waals surface area contributed by atoms with Crippen molar-refractivity contribution in [2.24, 2.45) is 0 Å². The Balaban J connectivity index is 1.81. The van der Waals surface area contributed by atoms with Gasteiger partial charge in [-0.1, -0.05) is 32.9 Å². The van der Waals surface area contributed by atoms with Gasteiger partial charge < -0.3 is 14.6 Å². The molecule has 0 spiro atoms. The fourth-order valence-corrected chi connectivity index (χ4v) is 2.36. The molecule has 1 heterocycles. The molecule has 0 saturated heterocycles. The van der Waals surface area contributed by atoms with Crippen molar-refractivity contribution in [2.45, 2.75) is 65.7 Å². The van der Waals surface area contributed by atoms with Crippen LogP contribution in [0.1, 0.15) is 64.2 Å². The summed E-state index contributed by atoms with van der Waals surface area (Å²) in [6.07, 6.45) is 2.63. The summed E-state index contributed by atoms with van der Waals surface area (Å²) in [5.74, 6) is 2.08. The summed E-state index contributed by atoms with van der Waals surface area (Å²) in [6, 6.07) is 5.70. The van der Waals surface area contributed by atoms with Crippen LogP contribution in [0, 0.1) is 6.92 Å². The fraction of sp³-hybridized carbons (Fsp3) is 0.550. The molecule has 6 nitrogen and oxygen atoms in total. The second-order valence-corrected chi connectivity index (χ2v) is 7.49. The molecular formula is C20H29N3O3. The van der Waals surface area contributed by atoms with Crippen molar-refractivity contribution in [3.8, 4) is 5.75 Å². The van der Waals surface area contributed by atoms with Gasteiger partial charge >= 0.3 is 0 Å². The zero-order valence-electron chi connectivity index (χ0n) is 16.4. The van der Waals surface area contributed by atoms with E-state index in [0.29, 0.717) is 37.6 Å². The average Bonchev–Trinajstić information content (AvgIpc) is 3.04. The van der Waals surface area contributed by atoms with Crippen LogP contribution >= 0.6 is 0 Å². The van der Waals surface area contributed by atoms with E-state index in [1.165, 1.54) is 0 Å². The Labute approximate surface area is 155 Å². The Hall–Kier alpha value is -2.37. The number of aryl methyl sites for hydroxylation is 2. The largest absolute Gasteiger partial charge is 0.494 e. The van der Waals surface area contributed by atoms with E-state index in [1.807, 2.05) is 45.9 Å². The van der Waals surface area contributed by atoms with E-state index < -0.39 is 0 Å². The van der Waals surface area contributed by atoms with Crippen LogP contribution in [0.4, 0.5) is 5.69 Å². The minimum absolute atomic E-state index is 0.0223. The standard InChI is InChI=1S/C20H29N3O3/c1-6-12-25-15-10-11-16(14(2)13-15)21-17(24)8-7-9-18-22-19(23-26-18)20(3,4)5/h10-11,13H,6-9,12H2,1-5H3,(H,21,24). The van der Waals surface area contributed by atoms with E-state index in [0.717, 1.165) is 23.4 Å². The monoisotopic (exact) mass is 359 g/mol. The number of amides is 1. The number of benzene rings is 1. The molecule has 6 heteroatoms. The third kappa shape index (κ3) is 5.86. The normalized spacial score (nSPS) is 11.4. The fourth-order valence-electron chi connectivity index (χ4n) is 2.36. The van der Waals surface area contributed by atoms with Crippen LogP contribution in [-0.4, -0.2) is 22.7 Å². The topological polar surface area (TPSA) is 77.2 Å². The average molecular weight is 359 g/mol. The summed E-state index contributed by atoms with van der Waals surface area (Å²) >= 11 is 0. The Morgan fingerprint density at radius 2 is 2.08 bits per heavy atom. The SMILES string of the molecule is CCCOc1ccc(NC(=O)CCCc2nc(C(C)(C)C)no2)c(C)c1. The molecule has 0 bridgehead atoms. The number of carbonyl (C=O) groups excluding carboxylic acids is 1. The number of aromatic nitrogens is 2. The maximum Gasteiger partial charge on any atom is 0.226 e. The van der Waals surface area contributed by atoms with Gasteiger partial charge in [-0.25, -0.2) is 0 Å². The minimum Gasteiger partial charge on any atom is -0.494 e. The summed E-state index contributed by atoms with van der Waals surface area (Å²) in [5.41, 5.74) is 1.66. The van der Waals surface area contributed by atoms with Crippen LogP contribution in [0.3, 0.4) is 0 Å². The van der Waals surface area contributed by atoms with Gasteiger partial charge in [-0.15, -0.1) is 0 Å². The number of nitrogens with zero attached hydrogens (tertiary/aromatic N) is 2. The van der Waals surface area contributed by atoms with Crippen molar-refractivity contribution in [3.63, 3.8) is 0 Å². The summed E-state index contributed by atoms with van der Waals surface area (Å²) in [5, 5.41) is 6.94. The number of ether oxygens (including phenoxy) is 1. The highest BCUT2D eigenvalue weighted by Crippen LogP contribution is 2.22. The van der Waals surface area contributed by atoms with Gasteiger partial charge in [0.1, 0.15) is 5.75 Å². The van der Waals surface area contributed by atoms with Crippen LogP contribution in [0.5, 0.6) is 5.75 Å². The lowest BCUT2D eigenvalue weighted by Gasteiger charge is -2.11. The lowest BCUT2D eigenvalue weighted by atomic mass is 9.96. The molecule has 0 aliphatic rings. The predicted octanol–water partition coefficient (Wildman–Crippen LogP) is 4.43. The Kier molecular flexibility index (Phi) is 6.77. The van der Waals surface area contributed by atoms with Gasteiger partial charge in [-0.3, -0.25) is 4.79 Å². The highest BCUT2D eigenvalue weighted by molar-refractivity contribution is 5.91. The minimum atomic E-state index is -0.135. The van der Waals surface area contributed by atoms with Gasteiger partial charge in [0.25, 0.3) is 0 Å². The first-order valence-corrected chi connectivity index (χ1v) is 9.16. The molecule has 2 rings (SSSR count). The first kappa shape index (κ1) is 19.9. The highest BCUT2D eigenvalue weighted by Gasteiger charge is 2.20. The van der Waals surface area contributed by atoms with Gasteiger partial charge in [0.05, 0.1) is 6.61 Å². The summed E-state index contributed by atoms with van der Waals surface area (Å²) in [7, 11) is 0. The molecule has 0 atom stereocenters. The van der Waals surface area contributed by atoms with Crippen molar-refractivity contribution >= 4 is 11.6 Å². The van der Waals surface area contributed by atoms with Gasteiger partial charge in [0.2, 0.25) is 11.8 Å². The highest BCUT2D eigenvalue weighted by atomic mass is 16.5. The lowest BCUT2D eigenvalue weighted by Crippen LogP contribution is -2.13. The Bertz CT molecular complexity index is 732.